The van der Waals surface area contributed by atoms with Crippen LogP contribution in [0.3, 0.4) is 0 Å². The van der Waals surface area contributed by atoms with Crippen LogP contribution < -0.4 is 10.1 Å². The van der Waals surface area contributed by atoms with Crippen LogP contribution in [0.15, 0.2) is 18.2 Å². The first-order valence-electron chi connectivity index (χ1n) is 7.63. The van der Waals surface area contributed by atoms with Crippen LogP contribution in [-0.4, -0.2) is 19.2 Å². The first kappa shape index (κ1) is 17.3. The normalized spacial score (nSPS) is 18.7. The number of rotatable bonds is 5. The van der Waals surface area contributed by atoms with Crippen molar-refractivity contribution in [3.8, 4) is 5.75 Å². The molecule has 20 heavy (non-hydrogen) atoms. The lowest BCUT2D eigenvalue weighted by molar-refractivity contribution is 0.265. The Morgan fingerprint density at radius 3 is 2.75 bits per heavy atom. The van der Waals surface area contributed by atoms with Gasteiger partial charge in [-0.3, -0.25) is 0 Å². The summed E-state index contributed by atoms with van der Waals surface area (Å²) in [5.74, 6) is 1.59. The second-order valence-corrected chi connectivity index (χ2v) is 5.98. The van der Waals surface area contributed by atoms with Gasteiger partial charge in [-0.2, -0.15) is 0 Å². The lowest BCUT2D eigenvalue weighted by Crippen LogP contribution is -2.35. The SMILES string of the molecule is Cc1ccc(C(C)C)c(OCCC2CCCCN2)c1.Cl. The van der Waals surface area contributed by atoms with Crippen molar-refractivity contribution in [1.29, 1.82) is 0 Å². The molecule has 1 unspecified atom stereocenters. The van der Waals surface area contributed by atoms with Gasteiger partial charge in [0.15, 0.2) is 0 Å². The molecule has 1 atom stereocenters. The molecule has 1 heterocycles. The molecule has 0 radical (unpaired) electrons. The molecule has 0 saturated carbocycles. The van der Waals surface area contributed by atoms with Gasteiger partial charge in [-0.25, -0.2) is 0 Å². The number of hydrogen-bond acceptors (Lipinski definition) is 2. The van der Waals surface area contributed by atoms with Gasteiger partial charge >= 0.3 is 0 Å². The molecule has 1 N–H and O–H groups in total. The molecular weight excluding hydrogens is 270 g/mol. The molecule has 0 spiro atoms. The van der Waals surface area contributed by atoms with Gasteiger partial charge in [0.05, 0.1) is 6.61 Å². The predicted molar refractivity (Wildman–Crippen MR) is 88.3 cm³/mol. The number of hydrogen-bond donors (Lipinski definition) is 1. The van der Waals surface area contributed by atoms with Crippen LogP contribution in [-0.2, 0) is 0 Å². The Morgan fingerprint density at radius 1 is 1.30 bits per heavy atom. The maximum atomic E-state index is 6.04. The van der Waals surface area contributed by atoms with E-state index < -0.39 is 0 Å². The number of nitrogens with one attached hydrogen (secondary N) is 1. The van der Waals surface area contributed by atoms with Crippen molar-refractivity contribution in [3.05, 3.63) is 29.3 Å². The van der Waals surface area contributed by atoms with Gasteiger partial charge in [-0.05, 0) is 55.8 Å². The first-order chi connectivity index (χ1) is 9.16. The van der Waals surface area contributed by atoms with Crippen molar-refractivity contribution in [2.45, 2.75) is 58.4 Å². The molecule has 1 aliphatic heterocycles. The zero-order valence-electron chi connectivity index (χ0n) is 12.9. The van der Waals surface area contributed by atoms with Crippen LogP contribution in [0.4, 0.5) is 0 Å². The average molecular weight is 298 g/mol. The number of ether oxygens (including phenoxy) is 1. The smallest absolute Gasteiger partial charge is 0.123 e. The van der Waals surface area contributed by atoms with Gasteiger partial charge < -0.3 is 10.1 Å². The van der Waals surface area contributed by atoms with Crippen LogP contribution in [0.25, 0.3) is 0 Å². The summed E-state index contributed by atoms with van der Waals surface area (Å²) < 4.78 is 6.04. The maximum absolute atomic E-state index is 6.04. The zero-order chi connectivity index (χ0) is 13.7. The van der Waals surface area contributed by atoms with Crippen molar-refractivity contribution in [1.82, 2.24) is 5.32 Å². The number of aryl methyl sites for hydroxylation is 1. The number of piperidine rings is 1. The fourth-order valence-electron chi connectivity index (χ4n) is 2.73. The van der Waals surface area contributed by atoms with Crippen molar-refractivity contribution in [2.24, 2.45) is 0 Å². The largest absolute Gasteiger partial charge is 0.493 e. The van der Waals surface area contributed by atoms with Crippen molar-refractivity contribution in [2.75, 3.05) is 13.2 Å². The van der Waals surface area contributed by atoms with E-state index in [0.29, 0.717) is 12.0 Å². The van der Waals surface area contributed by atoms with E-state index >= 15 is 0 Å². The molecule has 1 fully saturated rings. The highest BCUT2D eigenvalue weighted by Crippen LogP contribution is 2.27. The Bertz CT molecular complexity index is 400. The highest BCUT2D eigenvalue weighted by molar-refractivity contribution is 5.85. The lowest BCUT2D eigenvalue weighted by atomic mass is 10.0. The third-order valence-corrected chi connectivity index (χ3v) is 3.93. The molecule has 0 amide bonds. The second-order valence-electron chi connectivity index (χ2n) is 5.98. The molecule has 1 aliphatic rings. The molecule has 0 aliphatic carbocycles. The molecule has 3 heteroatoms. The van der Waals surface area contributed by atoms with Crippen molar-refractivity contribution in [3.63, 3.8) is 0 Å². The summed E-state index contributed by atoms with van der Waals surface area (Å²) in [6.45, 7) is 8.56. The van der Waals surface area contributed by atoms with E-state index in [-0.39, 0.29) is 12.4 Å². The Kier molecular flexibility index (Phi) is 7.39. The average Bonchev–Trinajstić information content (AvgIpc) is 2.39. The van der Waals surface area contributed by atoms with Gasteiger partial charge in [-0.1, -0.05) is 32.4 Å². The monoisotopic (exact) mass is 297 g/mol. The molecule has 1 aromatic rings. The summed E-state index contributed by atoms with van der Waals surface area (Å²) in [6.07, 6.45) is 5.10. The predicted octanol–water partition coefficient (Wildman–Crippen LogP) is 4.45. The molecule has 114 valence electrons. The molecule has 1 aromatic carbocycles. The topological polar surface area (TPSA) is 21.3 Å². The summed E-state index contributed by atoms with van der Waals surface area (Å²) in [7, 11) is 0. The van der Waals surface area contributed by atoms with E-state index in [1.54, 1.807) is 0 Å². The van der Waals surface area contributed by atoms with Gasteiger partial charge in [0.2, 0.25) is 0 Å². The standard InChI is InChI=1S/C17H27NO.ClH/c1-13(2)16-8-7-14(3)12-17(16)19-11-9-15-6-4-5-10-18-15;/h7-8,12-13,15,18H,4-6,9-11H2,1-3H3;1H. The molecule has 1 saturated heterocycles. The van der Waals surface area contributed by atoms with Gasteiger partial charge in [0, 0.05) is 6.04 Å². The summed E-state index contributed by atoms with van der Waals surface area (Å²) in [5, 5.41) is 3.57. The first-order valence-corrected chi connectivity index (χ1v) is 7.63. The molecular formula is C17H28ClNO. The summed E-state index contributed by atoms with van der Waals surface area (Å²) in [6, 6.07) is 7.20. The van der Waals surface area contributed by atoms with Gasteiger partial charge in [0.1, 0.15) is 5.75 Å². The summed E-state index contributed by atoms with van der Waals surface area (Å²) >= 11 is 0. The number of halogens is 1. The third-order valence-electron chi connectivity index (χ3n) is 3.93. The second kappa shape index (κ2) is 8.53. The fraction of sp³-hybridized carbons (Fsp3) is 0.647. The summed E-state index contributed by atoms with van der Waals surface area (Å²) in [4.78, 5) is 0. The van der Waals surface area contributed by atoms with Gasteiger partial charge in [0.25, 0.3) is 0 Å². The summed E-state index contributed by atoms with van der Waals surface area (Å²) in [5.41, 5.74) is 2.59. The van der Waals surface area contributed by atoms with E-state index in [2.05, 4.69) is 44.3 Å². The highest BCUT2D eigenvalue weighted by atomic mass is 35.5. The van der Waals surface area contributed by atoms with Crippen LogP contribution in [0.1, 0.15) is 56.6 Å². The van der Waals surface area contributed by atoms with E-state index in [9.17, 15) is 0 Å². The van der Waals surface area contributed by atoms with Crippen molar-refractivity contribution < 1.29 is 4.74 Å². The Hall–Kier alpha value is -0.730. The van der Waals surface area contributed by atoms with Crippen LogP contribution in [0.2, 0.25) is 0 Å². The zero-order valence-corrected chi connectivity index (χ0v) is 13.8. The third kappa shape index (κ3) is 4.99. The quantitative estimate of drug-likeness (QED) is 0.867. The Balaban J connectivity index is 0.00000200. The highest BCUT2D eigenvalue weighted by Gasteiger charge is 2.13. The van der Waals surface area contributed by atoms with E-state index in [1.165, 1.54) is 36.9 Å². The van der Waals surface area contributed by atoms with Crippen molar-refractivity contribution >= 4 is 12.4 Å². The maximum Gasteiger partial charge on any atom is 0.123 e. The Labute approximate surface area is 129 Å². The van der Waals surface area contributed by atoms with Crippen LogP contribution >= 0.6 is 12.4 Å². The van der Waals surface area contributed by atoms with E-state index in [4.69, 9.17) is 4.74 Å². The van der Waals surface area contributed by atoms with E-state index in [0.717, 1.165) is 18.8 Å². The minimum Gasteiger partial charge on any atom is -0.493 e. The minimum absolute atomic E-state index is 0. The van der Waals surface area contributed by atoms with E-state index in [1.807, 2.05) is 0 Å². The van der Waals surface area contributed by atoms with Crippen LogP contribution in [0, 0.1) is 6.92 Å². The minimum atomic E-state index is 0. The number of benzene rings is 1. The fourth-order valence-corrected chi connectivity index (χ4v) is 2.73. The molecule has 2 rings (SSSR count). The molecule has 2 nitrogen and oxygen atoms in total. The van der Waals surface area contributed by atoms with Gasteiger partial charge in [-0.15, -0.1) is 12.4 Å². The Morgan fingerprint density at radius 2 is 2.10 bits per heavy atom. The van der Waals surface area contributed by atoms with Crippen LogP contribution in [0.5, 0.6) is 5.75 Å². The molecule has 0 aromatic heterocycles. The molecule has 0 bridgehead atoms. The lowest BCUT2D eigenvalue weighted by Gasteiger charge is -2.23.